The zero-order valence-electron chi connectivity index (χ0n) is 12.6. The number of ether oxygens (including phenoxy) is 1. The van der Waals surface area contributed by atoms with Gasteiger partial charge >= 0.3 is 0 Å². The van der Waals surface area contributed by atoms with E-state index >= 15 is 0 Å². The van der Waals surface area contributed by atoms with Gasteiger partial charge in [0.05, 0.1) is 11.8 Å². The number of likely N-dealkylation sites (N-methyl/N-ethyl adjacent to an activating group) is 1. The van der Waals surface area contributed by atoms with Crippen molar-refractivity contribution in [3.8, 4) is 0 Å². The molecule has 1 aliphatic rings. The van der Waals surface area contributed by atoms with Crippen molar-refractivity contribution in [3.63, 3.8) is 0 Å². The Morgan fingerprint density at radius 1 is 1.48 bits per heavy atom. The van der Waals surface area contributed by atoms with E-state index < -0.39 is 10.0 Å². The van der Waals surface area contributed by atoms with Crippen molar-refractivity contribution in [2.24, 2.45) is 0 Å². The molecule has 0 amide bonds. The molecular weight excluding hydrogens is 290 g/mol. The lowest BCUT2D eigenvalue weighted by molar-refractivity contribution is 0.00856. The number of anilines is 1. The summed E-state index contributed by atoms with van der Waals surface area (Å²) in [7, 11) is -2.03. The van der Waals surface area contributed by atoms with E-state index in [9.17, 15) is 8.42 Å². The van der Waals surface area contributed by atoms with Crippen LogP contribution in [0.4, 0.5) is 5.69 Å². The molecule has 0 aliphatic carbocycles. The smallest absolute Gasteiger partial charge is 0.262 e. The van der Waals surface area contributed by atoms with Gasteiger partial charge in [-0.25, -0.2) is 13.4 Å². The molecule has 1 aromatic rings. The Morgan fingerprint density at radius 3 is 2.95 bits per heavy atom. The first-order chi connectivity index (χ1) is 10.1. The molecule has 2 heterocycles. The van der Waals surface area contributed by atoms with Crippen LogP contribution in [0, 0.1) is 0 Å². The Hall–Kier alpha value is -1.18. The second-order valence-corrected chi connectivity index (χ2v) is 7.12. The normalized spacial score (nSPS) is 19.7. The lowest BCUT2D eigenvalue weighted by Crippen LogP contribution is -2.37. The van der Waals surface area contributed by atoms with Gasteiger partial charge in [0.25, 0.3) is 10.0 Å². The van der Waals surface area contributed by atoms with Crippen molar-refractivity contribution in [2.45, 2.75) is 37.3 Å². The number of aromatic nitrogens is 1. The summed E-state index contributed by atoms with van der Waals surface area (Å²) in [6.07, 6.45) is 4.52. The number of hydrogen-bond acceptors (Lipinski definition) is 5. The summed E-state index contributed by atoms with van der Waals surface area (Å²) < 4.78 is 32.3. The monoisotopic (exact) mass is 313 g/mol. The van der Waals surface area contributed by atoms with Crippen LogP contribution in [-0.2, 0) is 14.8 Å². The van der Waals surface area contributed by atoms with Crippen molar-refractivity contribution in [1.82, 2.24) is 9.29 Å². The number of sulfonamides is 1. The third-order valence-corrected chi connectivity index (χ3v) is 5.31. The summed E-state index contributed by atoms with van der Waals surface area (Å²) in [6, 6.07) is 3.45. The van der Waals surface area contributed by atoms with Crippen LogP contribution >= 0.6 is 0 Å². The highest BCUT2D eigenvalue weighted by Crippen LogP contribution is 2.22. The first kappa shape index (κ1) is 16.2. The highest BCUT2D eigenvalue weighted by molar-refractivity contribution is 7.89. The van der Waals surface area contributed by atoms with Gasteiger partial charge in [-0.1, -0.05) is 0 Å². The highest BCUT2D eigenvalue weighted by atomic mass is 32.2. The van der Waals surface area contributed by atoms with E-state index in [4.69, 9.17) is 4.74 Å². The average Bonchev–Trinajstić information content (AvgIpc) is 2.49. The second kappa shape index (κ2) is 7.20. The number of pyridine rings is 1. The van der Waals surface area contributed by atoms with E-state index in [0.29, 0.717) is 25.4 Å². The molecule has 118 valence electrons. The topological polar surface area (TPSA) is 71.5 Å². The van der Waals surface area contributed by atoms with Gasteiger partial charge in [-0.05, 0) is 38.3 Å². The van der Waals surface area contributed by atoms with E-state index in [1.165, 1.54) is 10.5 Å². The zero-order valence-corrected chi connectivity index (χ0v) is 13.4. The quantitative estimate of drug-likeness (QED) is 0.865. The SMILES string of the molecule is CCNc1cccnc1S(=O)(=O)N(C)CC1CCCCO1. The Balaban J connectivity index is 2.16. The van der Waals surface area contributed by atoms with Crippen LogP contribution in [-0.4, -0.2) is 50.6 Å². The molecule has 1 saturated heterocycles. The second-order valence-electron chi connectivity index (χ2n) is 5.16. The van der Waals surface area contributed by atoms with E-state index in [2.05, 4.69) is 10.3 Å². The number of hydrogen-bond donors (Lipinski definition) is 1. The fraction of sp³-hybridized carbons (Fsp3) is 0.643. The summed E-state index contributed by atoms with van der Waals surface area (Å²) in [5.41, 5.74) is 0.538. The predicted molar refractivity (Wildman–Crippen MR) is 81.8 cm³/mol. The molecule has 1 unspecified atom stereocenters. The first-order valence-corrected chi connectivity index (χ1v) is 8.76. The van der Waals surface area contributed by atoms with Gasteiger partial charge in [-0.3, -0.25) is 0 Å². The lowest BCUT2D eigenvalue weighted by atomic mass is 10.1. The molecule has 7 heteroatoms. The first-order valence-electron chi connectivity index (χ1n) is 7.32. The van der Waals surface area contributed by atoms with Gasteiger partial charge in [0, 0.05) is 32.9 Å². The zero-order chi connectivity index (χ0) is 15.3. The molecule has 1 fully saturated rings. The summed E-state index contributed by atoms with van der Waals surface area (Å²) in [4.78, 5) is 4.05. The molecule has 0 radical (unpaired) electrons. The van der Waals surface area contributed by atoms with E-state index in [1.54, 1.807) is 19.2 Å². The highest BCUT2D eigenvalue weighted by Gasteiger charge is 2.28. The lowest BCUT2D eigenvalue weighted by Gasteiger charge is -2.27. The fourth-order valence-electron chi connectivity index (χ4n) is 2.41. The van der Waals surface area contributed by atoms with Gasteiger partial charge in [0.15, 0.2) is 5.03 Å². The minimum Gasteiger partial charge on any atom is -0.383 e. The third-order valence-electron chi connectivity index (χ3n) is 3.53. The number of nitrogens with zero attached hydrogens (tertiary/aromatic N) is 2. The van der Waals surface area contributed by atoms with Crippen LogP contribution in [0.3, 0.4) is 0 Å². The molecular formula is C14H23N3O3S. The van der Waals surface area contributed by atoms with E-state index in [1.807, 2.05) is 6.92 Å². The third kappa shape index (κ3) is 3.93. The van der Waals surface area contributed by atoms with Gasteiger partial charge < -0.3 is 10.1 Å². The van der Waals surface area contributed by atoms with E-state index in [-0.39, 0.29) is 11.1 Å². The molecule has 1 N–H and O–H groups in total. The standard InChI is InChI=1S/C14H23N3O3S/c1-3-15-13-8-6-9-16-14(13)21(18,19)17(2)11-12-7-4-5-10-20-12/h6,8-9,12,15H,3-5,7,10-11H2,1-2H3. The number of nitrogens with one attached hydrogen (secondary N) is 1. The maximum atomic E-state index is 12.7. The van der Waals surface area contributed by atoms with Crippen LogP contribution in [0.1, 0.15) is 26.2 Å². The van der Waals surface area contributed by atoms with Crippen molar-refractivity contribution in [3.05, 3.63) is 18.3 Å². The van der Waals surface area contributed by atoms with Crippen LogP contribution < -0.4 is 5.32 Å². The Morgan fingerprint density at radius 2 is 2.29 bits per heavy atom. The molecule has 1 aromatic heterocycles. The minimum atomic E-state index is -3.61. The predicted octanol–water partition coefficient (Wildman–Crippen LogP) is 1.70. The summed E-state index contributed by atoms with van der Waals surface area (Å²) >= 11 is 0. The van der Waals surface area contributed by atoms with Crippen LogP contribution in [0.15, 0.2) is 23.4 Å². The van der Waals surface area contributed by atoms with Crippen molar-refractivity contribution in [2.75, 3.05) is 32.1 Å². The number of rotatable bonds is 6. The summed E-state index contributed by atoms with van der Waals surface area (Å²) in [6.45, 7) is 3.64. The molecule has 21 heavy (non-hydrogen) atoms. The maximum absolute atomic E-state index is 12.7. The molecule has 1 atom stereocenters. The van der Waals surface area contributed by atoms with Crippen molar-refractivity contribution < 1.29 is 13.2 Å². The molecule has 6 nitrogen and oxygen atoms in total. The van der Waals surface area contributed by atoms with E-state index in [0.717, 1.165) is 19.3 Å². The molecule has 0 saturated carbocycles. The average molecular weight is 313 g/mol. The Bertz CT molecular complexity index is 556. The molecule has 0 bridgehead atoms. The molecule has 0 spiro atoms. The summed E-state index contributed by atoms with van der Waals surface area (Å²) in [5, 5.41) is 3.12. The van der Waals surface area contributed by atoms with Gasteiger partial charge in [-0.2, -0.15) is 4.31 Å². The maximum Gasteiger partial charge on any atom is 0.262 e. The Kier molecular flexibility index (Phi) is 5.55. The fourth-order valence-corrected chi connectivity index (χ4v) is 3.68. The Labute approximate surface area is 126 Å². The van der Waals surface area contributed by atoms with Gasteiger partial charge in [-0.15, -0.1) is 0 Å². The van der Waals surface area contributed by atoms with Crippen molar-refractivity contribution in [1.29, 1.82) is 0 Å². The van der Waals surface area contributed by atoms with Crippen molar-refractivity contribution >= 4 is 15.7 Å². The minimum absolute atomic E-state index is 0.0233. The summed E-state index contributed by atoms with van der Waals surface area (Å²) in [5.74, 6) is 0. The van der Waals surface area contributed by atoms with Gasteiger partial charge in [0.1, 0.15) is 0 Å². The van der Waals surface area contributed by atoms with Crippen LogP contribution in [0.2, 0.25) is 0 Å². The molecule has 2 rings (SSSR count). The molecule has 0 aromatic carbocycles. The van der Waals surface area contributed by atoms with Crippen LogP contribution in [0.5, 0.6) is 0 Å². The molecule has 1 aliphatic heterocycles. The largest absolute Gasteiger partial charge is 0.383 e. The van der Waals surface area contributed by atoms with Crippen LogP contribution in [0.25, 0.3) is 0 Å². The van der Waals surface area contributed by atoms with Gasteiger partial charge in [0.2, 0.25) is 0 Å².